The van der Waals surface area contributed by atoms with Crippen LogP contribution in [-0.2, 0) is 20.9 Å². The van der Waals surface area contributed by atoms with Gasteiger partial charge in [0.15, 0.2) is 0 Å². The van der Waals surface area contributed by atoms with E-state index >= 15 is 0 Å². The van der Waals surface area contributed by atoms with Crippen LogP contribution < -0.4 is 5.32 Å². The van der Waals surface area contributed by atoms with Gasteiger partial charge in [-0.2, -0.15) is 0 Å². The van der Waals surface area contributed by atoms with Gasteiger partial charge in [-0.3, -0.25) is 9.59 Å². The molecule has 2 amide bonds. The molecule has 34 heavy (non-hydrogen) atoms. The summed E-state index contributed by atoms with van der Waals surface area (Å²) in [6.07, 6.45) is 0.136. The maximum absolute atomic E-state index is 13.2. The maximum atomic E-state index is 13.2. The zero-order chi connectivity index (χ0) is 25.0. The number of allylic oxidation sites excluding steroid dienone is 1. The molecule has 2 aromatic carbocycles. The fourth-order valence-corrected chi connectivity index (χ4v) is 4.19. The molecule has 1 unspecified atom stereocenters. The molecule has 0 bridgehead atoms. The highest BCUT2D eigenvalue weighted by Crippen LogP contribution is 2.38. The summed E-state index contributed by atoms with van der Waals surface area (Å²) in [7, 11) is 0. The van der Waals surface area contributed by atoms with Crippen LogP contribution in [0.3, 0.4) is 0 Å². The molecule has 1 heterocycles. The lowest BCUT2D eigenvalue weighted by Crippen LogP contribution is -2.40. The van der Waals surface area contributed by atoms with Crippen molar-refractivity contribution in [1.29, 1.82) is 0 Å². The van der Waals surface area contributed by atoms with Crippen molar-refractivity contribution in [2.75, 3.05) is 6.61 Å². The quantitative estimate of drug-likeness (QED) is 0.572. The van der Waals surface area contributed by atoms with Crippen LogP contribution in [-0.4, -0.2) is 34.8 Å². The number of hydrogen-bond donors (Lipinski definition) is 1. The van der Waals surface area contributed by atoms with Crippen molar-refractivity contribution >= 4 is 29.4 Å². The lowest BCUT2D eigenvalue weighted by Gasteiger charge is -2.34. The Hall–Kier alpha value is -3.12. The highest BCUT2D eigenvalue weighted by Gasteiger charge is 2.37. The summed E-state index contributed by atoms with van der Waals surface area (Å²) in [5, 5.41) is 3.53. The molecule has 0 saturated carbocycles. The third-order valence-electron chi connectivity index (χ3n) is 5.61. The Morgan fingerprint density at radius 3 is 2.44 bits per heavy atom. The van der Waals surface area contributed by atoms with E-state index in [0.717, 1.165) is 11.1 Å². The lowest BCUT2D eigenvalue weighted by atomic mass is 9.83. The van der Waals surface area contributed by atoms with Crippen molar-refractivity contribution in [2.45, 2.75) is 59.0 Å². The van der Waals surface area contributed by atoms with E-state index in [1.54, 1.807) is 49.1 Å². The van der Waals surface area contributed by atoms with E-state index in [1.807, 2.05) is 39.0 Å². The number of esters is 1. The van der Waals surface area contributed by atoms with Crippen LogP contribution in [0, 0.1) is 0 Å². The summed E-state index contributed by atoms with van der Waals surface area (Å²) in [5.74, 6) is -1.13. The molecular weight excluding hydrogens is 452 g/mol. The zero-order valence-corrected chi connectivity index (χ0v) is 21.0. The summed E-state index contributed by atoms with van der Waals surface area (Å²) in [4.78, 5) is 40.4. The van der Waals surface area contributed by atoms with Crippen LogP contribution in [0.5, 0.6) is 0 Å². The predicted molar refractivity (Wildman–Crippen MR) is 132 cm³/mol. The predicted octanol–water partition coefficient (Wildman–Crippen LogP) is 5.22. The number of hydrogen-bond acceptors (Lipinski definition) is 4. The topological polar surface area (TPSA) is 75.7 Å². The molecule has 0 spiro atoms. The van der Waals surface area contributed by atoms with Gasteiger partial charge in [0.1, 0.15) is 0 Å². The Balaban J connectivity index is 1.95. The summed E-state index contributed by atoms with van der Waals surface area (Å²) in [6, 6.07) is 14.3. The van der Waals surface area contributed by atoms with Gasteiger partial charge in [-0.05, 0) is 70.0 Å². The largest absolute Gasteiger partial charge is 0.463 e. The fraction of sp³-hybridized carbons (Fsp3) is 0.370. The molecule has 0 radical (unpaired) electrons. The average molecular weight is 483 g/mol. The first-order chi connectivity index (χ1) is 16.0. The third-order valence-corrected chi connectivity index (χ3v) is 5.86. The molecule has 0 aliphatic carbocycles. The Bertz CT molecular complexity index is 1120. The van der Waals surface area contributed by atoms with Gasteiger partial charge in [0.05, 0.1) is 18.7 Å². The Labute approximate surface area is 205 Å². The van der Waals surface area contributed by atoms with Gasteiger partial charge < -0.3 is 15.0 Å². The van der Waals surface area contributed by atoms with Crippen molar-refractivity contribution in [3.8, 4) is 0 Å². The molecule has 1 atom stereocenters. The van der Waals surface area contributed by atoms with Gasteiger partial charge in [0.25, 0.3) is 5.91 Å². The number of rotatable bonds is 6. The van der Waals surface area contributed by atoms with Gasteiger partial charge in [0.2, 0.25) is 5.91 Å². The first-order valence-corrected chi connectivity index (χ1v) is 11.7. The standard InChI is InChI=1S/C27H31ClN2O4/c1-6-34-26(33)24-17(2)30(23(31)15-22(24)19-10-12-21(28)13-11-19)16-18-8-7-9-20(14-18)25(32)29-27(3,4)5/h7-14,22H,6,15-16H2,1-5H3,(H,29,32). The van der Waals surface area contributed by atoms with E-state index in [1.165, 1.54) is 0 Å². The van der Waals surface area contributed by atoms with E-state index < -0.39 is 11.9 Å². The molecule has 2 aromatic rings. The summed E-state index contributed by atoms with van der Waals surface area (Å²) >= 11 is 6.03. The Kier molecular flexibility index (Phi) is 7.82. The van der Waals surface area contributed by atoms with Crippen molar-refractivity contribution in [2.24, 2.45) is 0 Å². The number of carbonyl (C=O) groups excluding carboxylic acids is 3. The van der Waals surface area contributed by atoms with Crippen molar-refractivity contribution in [3.05, 3.63) is 81.5 Å². The van der Waals surface area contributed by atoms with Crippen LogP contribution in [0.4, 0.5) is 0 Å². The Morgan fingerprint density at radius 1 is 1.15 bits per heavy atom. The smallest absolute Gasteiger partial charge is 0.336 e. The second-order valence-corrected chi connectivity index (χ2v) is 9.85. The molecule has 1 aliphatic rings. The molecule has 0 saturated heterocycles. The van der Waals surface area contributed by atoms with Crippen molar-refractivity contribution in [1.82, 2.24) is 10.2 Å². The zero-order valence-electron chi connectivity index (χ0n) is 20.3. The van der Waals surface area contributed by atoms with Gasteiger partial charge in [-0.1, -0.05) is 35.9 Å². The van der Waals surface area contributed by atoms with Gasteiger partial charge in [0, 0.05) is 34.2 Å². The van der Waals surface area contributed by atoms with Crippen LogP contribution >= 0.6 is 11.6 Å². The van der Waals surface area contributed by atoms with Crippen LogP contribution in [0.2, 0.25) is 5.02 Å². The van der Waals surface area contributed by atoms with E-state index in [9.17, 15) is 14.4 Å². The molecule has 0 fully saturated rings. The number of amides is 2. The SMILES string of the molecule is CCOC(=O)C1=C(C)N(Cc2cccc(C(=O)NC(C)(C)C)c2)C(=O)CC1c1ccc(Cl)cc1. The van der Waals surface area contributed by atoms with Gasteiger partial charge >= 0.3 is 5.97 Å². The first kappa shape index (κ1) is 25.5. The van der Waals surface area contributed by atoms with E-state index in [2.05, 4.69) is 5.32 Å². The number of ether oxygens (including phenoxy) is 1. The molecule has 1 aliphatic heterocycles. The minimum atomic E-state index is -0.434. The van der Waals surface area contributed by atoms with Crippen molar-refractivity contribution in [3.63, 3.8) is 0 Å². The van der Waals surface area contributed by atoms with Crippen LogP contribution in [0.25, 0.3) is 0 Å². The molecule has 0 aromatic heterocycles. The second-order valence-electron chi connectivity index (χ2n) is 9.41. The monoisotopic (exact) mass is 482 g/mol. The molecular formula is C27H31ClN2O4. The number of benzene rings is 2. The highest BCUT2D eigenvalue weighted by atomic mass is 35.5. The first-order valence-electron chi connectivity index (χ1n) is 11.4. The Morgan fingerprint density at radius 2 is 1.82 bits per heavy atom. The molecule has 180 valence electrons. The molecule has 6 nitrogen and oxygen atoms in total. The van der Waals surface area contributed by atoms with Gasteiger partial charge in [-0.15, -0.1) is 0 Å². The van der Waals surface area contributed by atoms with Gasteiger partial charge in [-0.25, -0.2) is 4.79 Å². The molecule has 3 rings (SSSR count). The van der Waals surface area contributed by atoms with Crippen LogP contribution in [0.1, 0.15) is 68.4 Å². The highest BCUT2D eigenvalue weighted by molar-refractivity contribution is 6.30. The van der Waals surface area contributed by atoms with E-state index in [4.69, 9.17) is 16.3 Å². The van der Waals surface area contributed by atoms with E-state index in [0.29, 0.717) is 21.9 Å². The van der Waals surface area contributed by atoms with Crippen LogP contribution in [0.15, 0.2) is 59.8 Å². The second kappa shape index (κ2) is 10.4. The van der Waals surface area contributed by atoms with E-state index in [-0.39, 0.29) is 36.9 Å². The fourth-order valence-electron chi connectivity index (χ4n) is 4.06. The molecule has 7 heteroatoms. The summed E-state index contributed by atoms with van der Waals surface area (Å²) in [5.41, 5.74) is 2.80. The number of nitrogens with zero attached hydrogens (tertiary/aromatic N) is 1. The summed E-state index contributed by atoms with van der Waals surface area (Å²) in [6.45, 7) is 9.77. The average Bonchev–Trinajstić information content (AvgIpc) is 2.76. The lowest BCUT2D eigenvalue weighted by molar-refractivity contribution is -0.140. The minimum absolute atomic E-state index is 0.102. The minimum Gasteiger partial charge on any atom is -0.463 e. The number of carbonyl (C=O) groups is 3. The number of halogens is 1. The third kappa shape index (κ3) is 6.06. The molecule has 1 N–H and O–H groups in total. The number of nitrogens with one attached hydrogen (secondary N) is 1. The summed E-state index contributed by atoms with van der Waals surface area (Å²) < 4.78 is 5.34. The maximum Gasteiger partial charge on any atom is 0.336 e. The van der Waals surface area contributed by atoms with Crippen molar-refractivity contribution < 1.29 is 19.1 Å². The normalized spacial score (nSPS) is 16.5.